The van der Waals surface area contributed by atoms with Gasteiger partial charge in [-0.15, -0.1) is 0 Å². The van der Waals surface area contributed by atoms with Gasteiger partial charge in [-0.1, -0.05) is 30.8 Å². The summed E-state index contributed by atoms with van der Waals surface area (Å²) in [5, 5.41) is 4.37. The van der Waals surface area contributed by atoms with Crippen LogP contribution in [-0.4, -0.2) is 18.6 Å². The van der Waals surface area contributed by atoms with Crippen LogP contribution in [0.15, 0.2) is 52.5 Å². The van der Waals surface area contributed by atoms with Crippen LogP contribution in [0.25, 0.3) is 0 Å². The first-order chi connectivity index (χ1) is 9.81. The molecule has 0 unspecified atom stereocenters. The molecule has 2 aromatic rings. The maximum Gasteiger partial charge on any atom is 0.119 e. The summed E-state index contributed by atoms with van der Waals surface area (Å²) in [6, 6.07) is 12.2. The van der Waals surface area contributed by atoms with Gasteiger partial charge in [0.2, 0.25) is 0 Å². The van der Waals surface area contributed by atoms with E-state index in [1.165, 1.54) is 5.56 Å². The van der Waals surface area contributed by atoms with Crippen molar-refractivity contribution in [2.75, 3.05) is 13.7 Å². The average Bonchev–Trinajstić information content (AvgIpc) is 2.49. The van der Waals surface area contributed by atoms with Crippen LogP contribution in [0.4, 0.5) is 0 Å². The molecule has 2 rings (SSSR count). The second-order valence-corrected chi connectivity index (χ2v) is 5.56. The summed E-state index contributed by atoms with van der Waals surface area (Å²) in [5.74, 6) is 0.871. The fourth-order valence-electron chi connectivity index (χ4n) is 1.77. The number of benzene rings is 1. The fourth-order valence-corrected chi connectivity index (χ4v) is 2.58. The van der Waals surface area contributed by atoms with Gasteiger partial charge in [-0.05, 0) is 42.8 Å². The summed E-state index contributed by atoms with van der Waals surface area (Å²) < 4.78 is 5.22. The summed E-state index contributed by atoms with van der Waals surface area (Å²) in [7, 11) is 1.68. The zero-order valence-corrected chi connectivity index (χ0v) is 12.7. The maximum atomic E-state index is 5.22. The lowest BCUT2D eigenvalue weighted by Gasteiger charge is -2.06. The van der Waals surface area contributed by atoms with Crippen molar-refractivity contribution in [1.82, 2.24) is 10.3 Å². The number of ether oxygens (including phenoxy) is 1. The minimum atomic E-state index is 0.871. The van der Waals surface area contributed by atoms with Crippen LogP contribution in [0.1, 0.15) is 18.9 Å². The molecule has 0 spiro atoms. The highest BCUT2D eigenvalue weighted by Gasteiger charge is 2.01. The Bertz CT molecular complexity index is 528. The second kappa shape index (κ2) is 7.92. The van der Waals surface area contributed by atoms with Gasteiger partial charge in [0, 0.05) is 17.6 Å². The average molecular weight is 288 g/mol. The van der Waals surface area contributed by atoms with Crippen LogP contribution in [0.2, 0.25) is 0 Å². The lowest BCUT2D eigenvalue weighted by molar-refractivity contribution is 0.413. The largest absolute Gasteiger partial charge is 0.497 e. The molecule has 0 amide bonds. The summed E-state index contributed by atoms with van der Waals surface area (Å²) in [6.45, 7) is 4.09. The van der Waals surface area contributed by atoms with E-state index >= 15 is 0 Å². The first-order valence-electron chi connectivity index (χ1n) is 6.79. The van der Waals surface area contributed by atoms with Gasteiger partial charge >= 0.3 is 0 Å². The first kappa shape index (κ1) is 14.9. The van der Waals surface area contributed by atoms with Crippen molar-refractivity contribution < 1.29 is 4.74 Å². The van der Waals surface area contributed by atoms with Crippen LogP contribution in [0, 0.1) is 0 Å². The number of rotatable bonds is 7. The highest BCUT2D eigenvalue weighted by molar-refractivity contribution is 7.99. The molecule has 0 radical (unpaired) electrons. The summed E-state index contributed by atoms with van der Waals surface area (Å²) in [6.07, 6.45) is 3.09. The normalized spacial score (nSPS) is 10.5. The van der Waals surface area contributed by atoms with Gasteiger partial charge in [-0.2, -0.15) is 0 Å². The molecule has 0 bridgehead atoms. The van der Waals surface area contributed by atoms with Crippen molar-refractivity contribution in [3.8, 4) is 5.75 Å². The molecule has 1 N–H and O–H groups in total. The topological polar surface area (TPSA) is 34.1 Å². The molecule has 0 aliphatic heterocycles. The smallest absolute Gasteiger partial charge is 0.119 e. The van der Waals surface area contributed by atoms with E-state index in [-0.39, 0.29) is 0 Å². The molecule has 0 fully saturated rings. The van der Waals surface area contributed by atoms with Crippen molar-refractivity contribution in [1.29, 1.82) is 0 Å². The van der Waals surface area contributed by atoms with Crippen LogP contribution in [-0.2, 0) is 6.54 Å². The fraction of sp³-hybridized carbons (Fsp3) is 0.312. The third kappa shape index (κ3) is 4.54. The van der Waals surface area contributed by atoms with E-state index in [1.807, 2.05) is 24.4 Å². The molecular weight excluding hydrogens is 268 g/mol. The highest BCUT2D eigenvalue weighted by atomic mass is 32.2. The maximum absolute atomic E-state index is 5.22. The van der Waals surface area contributed by atoms with E-state index < -0.39 is 0 Å². The van der Waals surface area contributed by atoms with Crippen LogP contribution in [0.5, 0.6) is 5.75 Å². The molecule has 0 aliphatic rings. The van der Waals surface area contributed by atoms with Crippen molar-refractivity contribution in [3.63, 3.8) is 0 Å². The van der Waals surface area contributed by atoms with E-state index in [2.05, 4.69) is 35.4 Å². The predicted octanol–water partition coefficient (Wildman–Crippen LogP) is 3.74. The molecule has 0 atom stereocenters. The molecule has 106 valence electrons. The van der Waals surface area contributed by atoms with Crippen molar-refractivity contribution in [2.45, 2.75) is 29.8 Å². The van der Waals surface area contributed by atoms with Gasteiger partial charge in [-0.3, -0.25) is 0 Å². The summed E-state index contributed by atoms with van der Waals surface area (Å²) >= 11 is 1.64. The standard InChI is InChI=1S/C16H20N2OS/c1-3-9-17-11-13-7-8-16(18-12-13)20-15-6-4-5-14(10-15)19-2/h4-8,10,12,17H,3,9,11H2,1-2H3. The van der Waals surface area contributed by atoms with Crippen LogP contribution >= 0.6 is 11.8 Å². The van der Waals surface area contributed by atoms with Gasteiger partial charge in [0.05, 0.1) is 7.11 Å². The number of nitrogens with zero attached hydrogens (tertiary/aromatic N) is 1. The SMILES string of the molecule is CCCNCc1ccc(Sc2cccc(OC)c2)nc1. The summed E-state index contributed by atoms with van der Waals surface area (Å²) in [4.78, 5) is 5.62. The number of hydrogen-bond donors (Lipinski definition) is 1. The molecule has 0 saturated heterocycles. The Balaban J connectivity index is 1.95. The van der Waals surface area contributed by atoms with E-state index in [1.54, 1.807) is 18.9 Å². The number of aromatic nitrogens is 1. The van der Waals surface area contributed by atoms with Gasteiger partial charge < -0.3 is 10.1 Å². The summed E-state index contributed by atoms with van der Waals surface area (Å²) in [5.41, 5.74) is 1.22. The Kier molecular flexibility index (Phi) is 5.89. The Morgan fingerprint density at radius 3 is 2.85 bits per heavy atom. The number of nitrogens with one attached hydrogen (secondary N) is 1. The Labute approximate surface area is 124 Å². The molecule has 1 aromatic heterocycles. The lowest BCUT2D eigenvalue weighted by Crippen LogP contribution is -2.13. The minimum Gasteiger partial charge on any atom is -0.497 e. The van der Waals surface area contributed by atoms with Gasteiger partial charge in [0.15, 0.2) is 0 Å². The van der Waals surface area contributed by atoms with E-state index in [4.69, 9.17) is 4.74 Å². The molecule has 0 saturated carbocycles. The highest BCUT2D eigenvalue weighted by Crippen LogP contribution is 2.28. The van der Waals surface area contributed by atoms with E-state index in [0.717, 1.165) is 35.2 Å². The van der Waals surface area contributed by atoms with Crippen LogP contribution < -0.4 is 10.1 Å². The monoisotopic (exact) mass is 288 g/mol. The number of methoxy groups -OCH3 is 1. The molecular formula is C16H20N2OS. The molecule has 20 heavy (non-hydrogen) atoms. The molecule has 4 heteroatoms. The van der Waals surface area contributed by atoms with Gasteiger partial charge in [0.1, 0.15) is 10.8 Å². The van der Waals surface area contributed by atoms with E-state index in [9.17, 15) is 0 Å². The zero-order valence-electron chi connectivity index (χ0n) is 11.9. The third-order valence-electron chi connectivity index (χ3n) is 2.82. The van der Waals surface area contributed by atoms with Crippen molar-refractivity contribution in [3.05, 3.63) is 48.2 Å². The van der Waals surface area contributed by atoms with Gasteiger partial charge in [-0.25, -0.2) is 4.98 Å². The molecule has 1 heterocycles. The quantitative estimate of drug-likeness (QED) is 0.787. The molecule has 1 aromatic carbocycles. The van der Waals surface area contributed by atoms with E-state index in [0.29, 0.717) is 0 Å². The number of pyridine rings is 1. The zero-order chi connectivity index (χ0) is 14.2. The predicted molar refractivity (Wildman–Crippen MR) is 83.4 cm³/mol. The molecule has 3 nitrogen and oxygen atoms in total. The van der Waals surface area contributed by atoms with Crippen molar-refractivity contribution >= 4 is 11.8 Å². The minimum absolute atomic E-state index is 0.871. The lowest BCUT2D eigenvalue weighted by atomic mass is 10.3. The Morgan fingerprint density at radius 1 is 1.25 bits per heavy atom. The van der Waals surface area contributed by atoms with Gasteiger partial charge in [0.25, 0.3) is 0 Å². The number of hydrogen-bond acceptors (Lipinski definition) is 4. The van der Waals surface area contributed by atoms with Crippen LogP contribution in [0.3, 0.4) is 0 Å². The van der Waals surface area contributed by atoms with Crippen molar-refractivity contribution in [2.24, 2.45) is 0 Å². The first-order valence-corrected chi connectivity index (χ1v) is 7.61. The third-order valence-corrected chi connectivity index (χ3v) is 3.76. The Hall–Kier alpha value is -1.52. The second-order valence-electron chi connectivity index (χ2n) is 4.46. The molecule has 0 aliphatic carbocycles. The Morgan fingerprint density at radius 2 is 2.15 bits per heavy atom.